The van der Waals surface area contributed by atoms with Gasteiger partial charge in [-0.05, 0) is 31.0 Å². The van der Waals surface area contributed by atoms with Gasteiger partial charge in [-0.3, -0.25) is 9.78 Å². The second-order valence-electron chi connectivity index (χ2n) is 4.84. The SMILES string of the molecule is CCCCNC(=O)CCc1ccc2ccc(F)cc2n1. The van der Waals surface area contributed by atoms with Gasteiger partial charge in [0.2, 0.25) is 5.91 Å². The molecular formula is C16H19FN2O. The van der Waals surface area contributed by atoms with E-state index < -0.39 is 0 Å². The molecule has 106 valence electrons. The summed E-state index contributed by atoms with van der Waals surface area (Å²) in [5.74, 6) is -0.251. The number of unbranched alkanes of at least 4 members (excludes halogenated alkanes) is 1. The van der Waals surface area contributed by atoms with E-state index >= 15 is 0 Å². The van der Waals surface area contributed by atoms with Crippen molar-refractivity contribution >= 4 is 16.8 Å². The topological polar surface area (TPSA) is 42.0 Å². The van der Waals surface area contributed by atoms with Crippen molar-refractivity contribution in [2.45, 2.75) is 32.6 Å². The number of amides is 1. The first-order valence-electron chi connectivity index (χ1n) is 7.01. The van der Waals surface area contributed by atoms with Gasteiger partial charge in [0.05, 0.1) is 5.52 Å². The first kappa shape index (κ1) is 14.4. The Kier molecular flexibility index (Phi) is 5.04. The van der Waals surface area contributed by atoms with Gasteiger partial charge in [-0.15, -0.1) is 0 Å². The molecule has 2 aromatic rings. The molecule has 0 aliphatic heterocycles. The molecule has 1 heterocycles. The summed E-state index contributed by atoms with van der Waals surface area (Å²) in [5, 5.41) is 3.78. The van der Waals surface area contributed by atoms with E-state index in [0.717, 1.165) is 30.5 Å². The van der Waals surface area contributed by atoms with E-state index in [1.807, 2.05) is 12.1 Å². The van der Waals surface area contributed by atoms with Crippen LogP contribution in [-0.4, -0.2) is 17.4 Å². The highest BCUT2D eigenvalue weighted by Crippen LogP contribution is 2.14. The summed E-state index contributed by atoms with van der Waals surface area (Å²) in [6.07, 6.45) is 3.05. The first-order chi connectivity index (χ1) is 9.69. The van der Waals surface area contributed by atoms with Gasteiger partial charge in [-0.1, -0.05) is 19.4 Å². The highest BCUT2D eigenvalue weighted by molar-refractivity contribution is 5.79. The molecule has 1 N–H and O–H groups in total. The highest BCUT2D eigenvalue weighted by atomic mass is 19.1. The van der Waals surface area contributed by atoms with E-state index in [1.54, 1.807) is 6.07 Å². The predicted octanol–water partition coefficient (Wildman–Crippen LogP) is 3.22. The lowest BCUT2D eigenvalue weighted by Gasteiger charge is -2.05. The fourth-order valence-corrected chi connectivity index (χ4v) is 2.01. The maximum atomic E-state index is 13.2. The molecule has 3 nitrogen and oxygen atoms in total. The minimum atomic E-state index is -0.292. The molecule has 0 saturated carbocycles. The minimum Gasteiger partial charge on any atom is -0.356 e. The molecule has 0 aliphatic rings. The highest BCUT2D eigenvalue weighted by Gasteiger charge is 2.04. The fraction of sp³-hybridized carbons (Fsp3) is 0.375. The summed E-state index contributed by atoms with van der Waals surface area (Å²) in [6, 6.07) is 8.34. The fourth-order valence-electron chi connectivity index (χ4n) is 2.01. The number of hydrogen-bond acceptors (Lipinski definition) is 2. The van der Waals surface area contributed by atoms with E-state index in [-0.39, 0.29) is 11.7 Å². The number of carbonyl (C=O) groups is 1. The molecular weight excluding hydrogens is 255 g/mol. The lowest BCUT2D eigenvalue weighted by Crippen LogP contribution is -2.24. The van der Waals surface area contributed by atoms with Crippen LogP contribution in [0.3, 0.4) is 0 Å². The van der Waals surface area contributed by atoms with Crippen LogP contribution in [-0.2, 0) is 11.2 Å². The Labute approximate surface area is 118 Å². The smallest absolute Gasteiger partial charge is 0.220 e. The van der Waals surface area contributed by atoms with E-state index in [9.17, 15) is 9.18 Å². The van der Waals surface area contributed by atoms with E-state index in [4.69, 9.17) is 0 Å². The van der Waals surface area contributed by atoms with Gasteiger partial charge < -0.3 is 5.32 Å². The number of carbonyl (C=O) groups excluding carboxylic acids is 1. The monoisotopic (exact) mass is 274 g/mol. The lowest BCUT2D eigenvalue weighted by atomic mass is 10.1. The van der Waals surface area contributed by atoms with Crippen LogP contribution in [0.1, 0.15) is 31.9 Å². The van der Waals surface area contributed by atoms with Crippen molar-refractivity contribution in [2.75, 3.05) is 6.54 Å². The van der Waals surface area contributed by atoms with Crippen molar-refractivity contribution in [3.05, 3.63) is 41.8 Å². The Bertz CT molecular complexity index is 598. The van der Waals surface area contributed by atoms with Crippen molar-refractivity contribution < 1.29 is 9.18 Å². The maximum Gasteiger partial charge on any atom is 0.220 e. The summed E-state index contributed by atoms with van der Waals surface area (Å²) in [6.45, 7) is 2.82. The Hall–Kier alpha value is -1.97. The number of nitrogens with one attached hydrogen (secondary N) is 1. The molecule has 1 aromatic carbocycles. The van der Waals surface area contributed by atoms with Gasteiger partial charge in [-0.2, -0.15) is 0 Å². The summed E-state index contributed by atoms with van der Waals surface area (Å²) in [7, 11) is 0. The van der Waals surface area contributed by atoms with Crippen LogP contribution in [0, 0.1) is 5.82 Å². The third kappa shape index (κ3) is 4.02. The van der Waals surface area contributed by atoms with Crippen LogP contribution < -0.4 is 5.32 Å². The number of nitrogens with zero attached hydrogens (tertiary/aromatic N) is 1. The standard InChI is InChI=1S/C16H19FN2O/c1-2-3-10-18-16(20)9-8-14-7-5-12-4-6-13(17)11-15(12)19-14/h4-7,11H,2-3,8-10H2,1H3,(H,18,20). The molecule has 2 rings (SSSR count). The predicted molar refractivity (Wildman–Crippen MR) is 77.9 cm³/mol. The average molecular weight is 274 g/mol. The van der Waals surface area contributed by atoms with Crippen LogP contribution in [0.15, 0.2) is 30.3 Å². The molecule has 0 fully saturated rings. The molecule has 0 atom stereocenters. The number of benzene rings is 1. The van der Waals surface area contributed by atoms with Gasteiger partial charge >= 0.3 is 0 Å². The van der Waals surface area contributed by atoms with Gasteiger partial charge in [-0.25, -0.2) is 4.39 Å². The van der Waals surface area contributed by atoms with Crippen LogP contribution in [0.4, 0.5) is 4.39 Å². The number of aryl methyl sites for hydroxylation is 1. The summed E-state index contributed by atoms with van der Waals surface area (Å²) < 4.78 is 13.2. The Morgan fingerprint density at radius 1 is 1.30 bits per heavy atom. The van der Waals surface area contributed by atoms with Crippen molar-refractivity contribution in [1.29, 1.82) is 0 Å². The summed E-state index contributed by atoms with van der Waals surface area (Å²) in [4.78, 5) is 16.0. The van der Waals surface area contributed by atoms with E-state index in [1.165, 1.54) is 12.1 Å². The minimum absolute atomic E-state index is 0.0413. The number of pyridine rings is 1. The van der Waals surface area contributed by atoms with E-state index in [0.29, 0.717) is 18.4 Å². The van der Waals surface area contributed by atoms with Crippen molar-refractivity contribution in [3.8, 4) is 0 Å². The summed E-state index contributed by atoms with van der Waals surface area (Å²) in [5.41, 5.74) is 1.45. The van der Waals surface area contributed by atoms with Crippen molar-refractivity contribution in [2.24, 2.45) is 0 Å². The Balaban J connectivity index is 1.94. The molecule has 0 radical (unpaired) electrons. The number of hydrogen-bond donors (Lipinski definition) is 1. The van der Waals surface area contributed by atoms with Gasteiger partial charge in [0.1, 0.15) is 5.82 Å². The van der Waals surface area contributed by atoms with Crippen LogP contribution >= 0.6 is 0 Å². The number of fused-ring (bicyclic) bond motifs is 1. The van der Waals surface area contributed by atoms with Crippen LogP contribution in [0.5, 0.6) is 0 Å². The number of halogens is 1. The molecule has 0 saturated heterocycles. The second-order valence-corrected chi connectivity index (χ2v) is 4.84. The molecule has 20 heavy (non-hydrogen) atoms. The van der Waals surface area contributed by atoms with Crippen molar-refractivity contribution in [3.63, 3.8) is 0 Å². The zero-order chi connectivity index (χ0) is 14.4. The molecule has 0 aliphatic carbocycles. The normalized spacial score (nSPS) is 10.7. The second kappa shape index (κ2) is 6.98. The van der Waals surface area contributed by atoms with Gasteiger partial charge in [0.15, 0.2) is 0 Å². The van der Waals surface area contributed by atoms with E-state index in [2.05, 4.69) is 17.2 Å². The Morgan fingerprint density at radius 3 is 2.90 bits per heavy atom. The largest absolute Gasteiger partial charge is 0.356 e. The third-order valence-electron chi connectivity index (χ3n) is 3.17. The lowest BCUT2D eigenvalue weighted by molar-refractivity contribution is -0.121. The van der Waals surface area contributed by atoms with Gasteiger partial charge in [0, 0.05) is 30.1 Å². The van der Waals surface area contributed by atoms with Crippen LogP contribution in [0.25, 0.3) is 10.9 Å². The maximum absolute atomic E-state index is 13.2. The number of rotatable bonds is 6. The van der Waals surface area contributed by atoms with Crippen molar-refractivity contribution in [1.82, 2.24) is 10.3 Å². The zero-order valence-electron chi connectivity index (χ0n) is 11.7. The zero-order valence-corrected chi connectivity index (χ0v) is 11.7. The molecule has 4 heteroatoms. The first-order valence-corrected chi connectivity index (χ1v) is 7.01. The average Bonchev–Trinajstić information content (AvgIpc) is 2.45. The quantitative estimate of drug-likeness (QED) is 0.822. The summed E-state index contributed by atoms with van der Waals surface area (Å²) >= 11 is 0. The van der Waals surface area contributed by atoms with Gasteiger partial charge in [0.25, 0.3) is 0 Å². The molecule has 1 aromatic heterocycles. The Morgan fingerprint density at radius 2 is 2.10 bits per heavy atom. The molecule has 0 spiro atoms. The molecule has 0 unspecified atom stereocenters. The third-order valence-corrected chi connectivity index (χ3v) is 3.17. The van der Waals surface area contributed by atoms with Crippen LogP contribution in [0.2, 0.25) is 0 Å². The number of aromatic nitrogens is 1. The molecule has 1 amide bonds. The molecule has 0 bridgehead atoms.